The van der Waals surface area contributed by atoms with Crippen LogP contribution >= 0.6 is 0 Å². The number of fused-ring (bicyclic) bond motifs is 1. The molecule has 7 nitrogen and oxygen atoms in total. The summed E-state index contributed by atoms with van der Waals surface area (Å²) in [4.78, 5) is 15.0. The number of benzene rings is 1. The number of amides is 1. The standard InChI is InChI=1S/C24H32N6O/c1-17(2)23-27-26-21-11-12-22(28-30(21)23)29-15-13-20(14-16-29)24(31)25-18(3)9-10-19-7-5-4-6-8-19/h4-8,11-12,17-18,20H,9-10,13-16H2,1-3H3,(H,25,31). The monoisotopic (exact) mass is 420 g/mol. The van der Waals surface area contributed by atoms with Gasteiger partial charge in [0.25, 0.3) is 0 Å². The van der Waals surface area contributed by atoms with E-state index in [1.54, 1.807) is 0 Å². The van der Waals surface area contributed by atoms with Crippen molar-refractivity contribution in [1.82, 2.24) is 25.1 Å². The average Bonchev–Trinajstić information content (AvgIpc) is 3.22. The Labute approximate surface area is 183 Å². The zero-order chi connectivity index (χ0) is 21.8. The Bertz CT molecular complexity index is 1010. The van der Waals surface area contributed by atoms with Crippen molar-refractivity contribution in [3.63, 3.8) is 0 Å². The molecule has 0 spiro atoms. The summed E-state index contributed by atoms with van der Waals surface area (Å²) in [6.07, 6.45) is 3.62. The van der Waals surface area contributed by atoms with E-state index in [4.69, 9.17) is 5.10 Å². The van der Waals surface area contributed by atoms with E-state index in [2.05, 4.69) is 65.5 Å². The number of rotatable bonds is 7. The minimum atomic E-state index is 0.0697. The van der Waals surface area contributed by atoms with E-state index in [0.29, 0.717) is 0 Å². The molecule has 7 heteroatoms. The Morgan fingerprint density at radius 3 is 2.52 bits per heavy atom. The van der Waals surface area contributed by atoms with Gasteiger partial charge in [-0.25, -0.2) is 0 Å². The number of hydrogen-bond donors (Lipinski definition) is 1. The van der Waals surface area contributed by atoms with Gasteiger partial charge in [-0.15, -0.1) is 15.3 Å². The topological polar surface area (TPSA) is 75.4 Å². The number of aryl methyl sites for hydroxylation is 1. The van der Waals surface area contributed by atoms with Gasteiger partial charge in [0.15, 0.2) is 11.5 Å². The summed E-state index contributed by atoms with van der Waals surface area (Å²) in [5, 5.41) is 16.4. The van der Waals surface area contributed by atoms with Crippen LogP contribution in [0, 0.1) is 5.92 Å². The first-order chi connectivity index (χ1) is 15.0. The molecule has 1 N–H and O–H groups in total. The number of aromatic nitrogens is 4. The molecule has 2 aromatic heterocycles. The number of anilines is 1. The summed E-state index contributed by atoms with van der Waals surface area (Å²) in [6.45, 7) is 7.94. The molecule has 1 aromatic carbocycles. The zero-order valence-corrected chi connectivity index (χ0v) is 18.7. The molecular weight excluding hydrogens is 388 g/mol. The summed E-state index contributed by atoms with van der Waals surface area (Å²) in [5.74, 6) is 2.31. The molecule has 0 bridgehead atoms. The van der Waals surface area contributed by atoms with Crippen LogP contribution in [-0.2, 0) is 11.2 Å². The van der Waals surface area contributed by atoms with Crippen LogP contribution in [0.3, 0.4) is 0 Å². The normalized spacial score (nSPS) is 16.1. The highest BCUT2D eigenvalue weighted by Crippen LogP contribution is 2.23. The molecule has 1 unspecified atom stereocenters. The highest BCUT2D eigenvalue weighted by atomic mass is 16.1. The number of nitrogens with zero attached hydrogens (tertiary/aromatic N) is 5. The van der Waals surface area contributed by atoms with Crippen molar-refractivity contribution in [2.45, 2.75) is 58.4 Å². The second-order valence-corrected chi connectivity index (χ2v) is 8.87. The molecule has 4 rings (SSSR count). The predicted molar refractivity (Wildman–Crippen MR) is 122 cm³/mol. The molecule has 1 aliphatic heterocycles. The summed E-state index contributed by atoms with van der Waals surface area (Å²) in [6, 6.07) is 14.6. The summed E-state index contributed by atoms with van der Waals surface area (Å²) >= 11 is 0. The Hall–Kier alpha value is -2.96. The molecular formula is C24H32N6O. The van der Waals surface area contributed by atoms with Gasteiger partial charge >= 0.3 is 0 Å². The molecule has 3 aromatic rings. The SMILES string of the molecule is CC(CCc1ccccc1)NC(=O)C1CCN(c2ccc3nnc(C(C)C)n3n2)CC1. The van der Waals surface area contributed by atoms with Gasteiger partial charge in [0.2, 0.25) is 5.91 Å². The van der Waals surface area contributed by atoms with E-state index in [0.717, 1.165) is 56.1 Å². The zero-order valence-electron chi connectivity index (χ0n) is 18.7. The molecule has 164 valence electrons. The lowest BCUT2D eigenvalue weighted by molar-refractivity contribution is -0.126. The molecule has 1 atom stereocenters. The number of carbonyl (C=O) groups excluding carboxylic acids is 1. The fraction of sp³-hybridized carbons (Fsp3) is 0.500. The second-order valence-electron chi connectivity index (χ2n) is 8.87. The number of piperidine rings is 1. The maximum atomic E-state index is 12.8. The lowest BCUT2D eigenvalue weighted by Crippen LogP contribution is -2.43. The van der Waals surface area contributed by atoms with Crippen molar-refractivity contribution >= 4 is 17.4 Å². The van der Waals surface area contributed by atoms with E-state index in [-0.39, 0.29) is 23.8 Å². The first kappa shape index (κ1) is 21.3. The Morgan fingerprint density at radius 2 is 1.81 bits per heavy atom. The largest absolute Gasteiger partial charge is 0.355 e. The highest BCUT2D eigenvalue weighted by molar-refractivity contribution is 5.79. The second kappa shape index (κ2) is 9.45. The minimum absolute atomic E-state index is 0.0697. The van der Waals surface area contributed by atoms with Crippen molar-refractivity contribution in [3.8, 4) is 0 Å². The van der Waals surface area contributed by atoms with Crippen LogP contribution in [0.5, 0.6) is 0 Å². The lowest BCUT2D eigenvalue weighted by atomic mass is 9.95. The van der Waals surface area contributed by atoms with Crippen molar-refractivity contribution in [3.05, 3.63) is 53.9 Å². The van der Waals surface area contributed by atoms with Crippen molar-refractivity contribution in [1.29, 1.82) is 0 Å². The first-order valence-electron chi connectivity index (χ1n) is 11.3. The van der Waals surface area contributed by atoms with E-state index in [1.807, 2.05) is 22.7 Å². The van der Waals surface area contributed by atoms with Crippen LogP contribution in [0.15, 0.2) is 42.5 Å². The van der Waals surface area contributed by atoms with Crippen molar-refractivity contribution in [2.24, 2.45) is 5.92 Å². The van der Waals surface area contributed by atoms with Gasteiger partial charge in [-0.3, -0.25) is 4.79 Å². The number of carbonyl (C=O) groups is 1. The van der Waals surface area contributed by atoms with Gasteiger partial charge in [-0.1, -0.05) is 44.2 Å². The van der Waals surface area contributed by atoms with Crippen molar-refractivity contribution in [2.75, 3.05) is 18.0 Å². The van der Waals surface area contributed by atoms with E-state index in [9.17, 15) is 4.79 Å². The fourth-order valence-corrected chi connectivity index (χ4v) is 4.16. The van der Waals surface area contributed by atoms with E-state index < -0.39 is 0 Å². The maximum absolute atomic E-state index is 12.8. The molecule has 1 amide bonds. The van der Waals surface area contributed by atoms with Crippen molar-refractivity contribution < 1.29 is 4.79 Å². The molecule has 0 aliphatic carbocycles. The fourth-order valence-electron chi connectivity index (χ4n) is 4.16. The maximum Gasteiger partial charge on any atom is 0.223 e. The average molecular weight is 421 g/mol. The summed E-state index contributed by atoms with van der Waals surface area (Å²) < 4.78 is 1.84. The minimum Gasteiger partial charge on any atom is -0.355 e. The lowest BCUT2D eigenvalue weighted by Gasteiger charge is -2.32. The number of hydrogen-bond acceptors (Lipinski definition) is 5. The van der Waals surface area contributed by atoms with Gasteiger partial charge in [-0.2, -0.15) is 4.52 Å². The van der Waals surface area contributed by atoms with Gasteiger partial charge < -0.3 is 10.2 Å². The molecule has 3 heterocycles. The third kappa shape index (κ3) is 5.03. The highest BCUT2D eigenvalue weighted by Gasteiger charge is 2.26. The van der Waals surface area contributed by atoms with E-state index in [1.165, 1.54) is 5.56 Å². The van der Waals surface area contributed by atoms with Crippen LogP contribution in [0.2, 0.25) is 0 Å². The Kier molecular flexibility index (Phi) is 6.49. The van der Waals surface area contributed by atoms with Gasteiger partial charge in [-0.05, 0) is 50.3 Å². The van der Waals surface area contributed by atoms with Crippen LogP contribution in [0.1, 0.15) is 57.3 Å². The smallest absolute Gasteiger partial charge is 0.223 e. The molecule has 0 radical (unpaired) electrons. The van der Waals surface area contributed by atoms with Gasteiger partial charge in [0.05, 0.1) is 0 Å². The number of nitrogens with one attached hydrogen (secondary N) is 1. The molecule has 1 saturated heterocycles. The van der Waals surface area contributed by atoms with Crippen LogP contribution in [0.25, 0.3) is 5.65 Å². The Balaban J connectivity index is 1.29. The van der Waals surface area contributed by atoms with E-state index >= 15 is 0 Å². The van der Waals surface area contributed by atoms with Gasteiger partial charge in [0, 0.05) is 31.0 Å². The summed E-state index contributed by atoms with van der Waals surface area (Å²) in [5.41, 5.74) is 2.08. The molecule has 1 fully saturated rings. The van der Waals surface area contributed by atoms with Gasteiger partial charge in [0.1, 0.15) is 5.82 Å². The van der Waals surface area contributed by atoms with Crippen LogP contribution in [-0.4, -0.2) is 44.8 Å². The first-order valence-corrected chi connectivity index (χ1v) is 11.3. The Morgan fingerprint density at radius 1 is 1.06 bits per heavy atom. The molecule has 0 saturated carbocycles. The third-order valence-electron chi connectivity index (χ3n) is 6.08. The quantitative estimate of drug-likeness (QED) is 0.632. The predicted octanol–water partition coefficient (Wildman–Crippen LogP) is 3.60. The third-order valence-corrected chi connectivity index (χ3v) is 6.08. The van der Waals surface area contributed by atoms with Crippen LogP contribution < -0.4 is 10.2 Å². The molecule has 31 heavy (non-hydrogen) atoms. The summed E-state index contributed by atoms with van der Waals surface area (Å²) in [7, 11) is 0. The molecule has 1 aliphatic rings. The van der Waals surface area contributed by atoms with Crippen LogP contribution in [0.4, 0.5) is 5.82 Å².